The van der Waals surface area contributed by atoms with Crippen molar-refractivity contribution in [1.82, 2.24) is 21.3 Å². The first-order valence-electron chi connectivity index (χ1n) is 15.1. The van der Waals surface area contributed by atoms with Crippen molar-refractivity contribution in [3.8, 4) is 0 Å². The van der Waals surface area contributed by atoms with Crippen molar-refractivity contribution in [3.63, 3.8) is 0 Å². The van der Waals surface area contributed by atoms with Crippen LogP contribution in [0.1, 0.15) is 119 Å². The van der Waals surface area contributed by atoms with E-state index in [2.05, 4.69) is 42.0 Å². The Morgan fingerprint density at radius 1 is 0.730 bits per heavy atom. The standard InChI is InChI=1S/C30H62N4O3/c1-8-31-20-13-9-12-16-23-34-28(36)29(4,5)19-24-37-30(6,7)18-17-27(35)33-22-15-11-10-14-21-32-25-26(2)3/h26,31-32H,8-25H2,1-7H3,(H,33,35)(H,34,36). The van der Waals surface area contributed by atoms with Gasteiger partial charge in [-0.15, -0.1) is 0 Å². The minimum atomic E-state index is -0.469. The van der Waals surface area contributed by atoms with E-state index in [-0.39, 0.29) is 17.4 Å². The van der Waals surface area contributed by atoms with Gasteiger partial charge in [-0.05, 0) is 84.5 Å². The van der Waals surface area contributed by atoms with Crippen LogP contribution >= 0.6 is 0 Å². The molecule has 7 heteroatoms. The zero-order chi connectivity index (χ0) is 28.0. The quantitative estimate of drug-likeness (QED) is 0.123. The third kappa shape index (κ3) is 22.5. The highest BCUT2D eigenvalue weighted by Gasteiger charge is 2.28. The molecular weight excluding hydrogens is 464 g/mol. The summed E-state index contributed by atoms with van der Waals surface area (Å²) < 4.78 is 6.09. The molecule has 0 aromatic carbocycles. The van der Waals surface area contributed by atoms with Crippen molar-refractivity contribution in [2.24, 2.45) is 11.3 Å². The number of amides is 2. The lowest BCUT2D eigenvalue weighted by molar-refractivity contribution is -0.131. The third-order valence-electron chi connectivity index (χ3n) is 6.76. The van der Waals surface area contributed by atoms with Gasteiger partial charge >= 0.3 is 0 Å². The van der Waals surface area contributed by atoms with Gasteiger partial charge in [-0.1, -0.05) is 60.3 Å². The van der Waals surface area contributed by atoms with E-state index in [1.807, 2.05) is 27.7 Å². The highest BCUT2D eigenvalue weighted by Crippen LogP contribution is 2.24. The van der Waals surface area contributed by atoms with Crippen LogP contribution < -0.4 is 21.3 Å². The number of ether oxygens (including phenoxy) is 1. The third-order valence-corrected chi connectivity index (χ3v) is 6.76. The van der Waals surface area contributed by atoms with E-state index < -0.39 is 5.41 Å². The van der Waals surface area contributed by atoms with Crippen molar-refractivity contribution in [2.45, 2.75) is 125 Å². The lowest BCUT2D eigenvalue weighted by atomic mass is 9.88. The van der Waals surface area contributed by atoms with E-state index in [1.54, 1.807) is 0 Å². The maximum absolute atomic E-state index is 12.6. The van der Waals surface area contributed by atoms with Crippen LogP contribution in [0.25, 0.3) is 0 Å². The molecule has 0 aromatic heterocycles. The number of carbonyl (C=O) groups excluding carboxylic acids is 2. The van der Waals surface area contributed by atoms with E-state index in [1.165, 1.54) is 25.7 Å². The summed E-state index contributed by atoms with van der Waals surface area (Å²) in [7, 11) is 0. The Kier molecular flexibility index (Phi) is 21.0. The Bertz CT molecular complexity index is 579. The second-order valence-corrected chi connectivity index (χ2v) is 12.1. The van der Waals surface area contributed by atoms with Gasteiger partial charge in [-0.2, -0.15) is 0 Å². The van der Waals surface area contributed by atoms with Crippen LogP contribution in [0.3, 0.4) is 0 Å². The van der Waals surface area contributed by atoms with Gasteiger partial charge in [0.25, 0.3) is 0 Å². The summed E-state index contributed by atoms with van der Waals surface area (Å²) in [5, 5.41) is 12.9. The van der Waals surface area contributed by atoms with Gasteiger partial charge in [0, 0.05) is 31.5 Å². The van der Waals surface area contributed by atoms with Crippen molar-refractivity contribution >= 4 is 11.8 Å². The number of rotatable bonds is 25. The molecule has 0 aliphatic heterocycles. The highest BCUT2D eigenvalue weighted by molar-refractivity contribution is 5.81. The van der Waals surface area contributed by atoms with E-state index >= 15 is 0 Å². The maximum Gasteiger partial charge on any atom is 0.225 e. The van der Waals surface area contributed by atoms with Crippen LogP contribution in [0.2, 0.25) is 0 Å². The summed E-state index contributed by atoms with van der Waals surface area (Å²) in [6.45, 7) is 20.8. The predicted octanol–water partition coefficient (Wildman–Crippen LogP) is 5.19. The number of unbranched alkanes of at least 4 members (excludes halogenated alkanes) is 6. The maximum atomic E-state index is 12.6. The number of nitrogens with one attached hydrogen (secondary N) is 4. The number of hydrogen-bond donors (Lipinski definition) is 4. The summed E-state index contributed by atoms with van der Waals surface area (Å²) in [4.78, 5) is 24.8. The SMILES string of the molecule is CCNCCCCCCNC(=O)C(C)(C)CCOC(C)(C)CCC(=O)NCCCCCCNCC(C)C. The molecule has 0 bridgehead atoms. The lowest BCUT2D eigenvalue weighted by Crippen LogP contribution is -2.39. The molecule has 0 fully saturated rings. The summed E-state index contributed by atoms with van der Waals surface area (Å²) in [6, 6.07) is 0. The number of carbonyl (C=O) groups is 2. The fourth-order valence-corrected chi connectivity index (χ4v) is 3.96. The van der Waals surface area contributed by atoms with Gasteiger partial charge in [0.15, 0.2) is 0 Å². The Morgan fingerprint density at radius 2 is 1.27 bits per heavy atom. The summed E-state index contributed by atoms with van der Waals surface area (Å²) in [5.41, 5.74) is -0.859. The normalized spacial score (nSPS) is 12.2. The number of hydrogen-bond acceptors (Lipinski definition) is 5. The molecule has 4 N–H and O–H groups in total. The van der Waals surface area contributed by atoms with Crippen LogP contribution in [0, 0.1) is 11.3 Å². The van der Waals surface area contributed by atoms with Gasteiger partial charge in [0.2, 0.25) is 11.8 Å². The predicted molar refractivity (Wildman–Crippen MR) is 157 cm³/mol. The van der Waals surface area contributed by atoms with Crippen molar-refractivity contribution in [1.29, 1.82) is 0 Å². The van der Waals surface area contributed by atoms with Crippen molar-refractivity contribution in [3.05, 3.63) is 0 Å². The first-order valence-corrected chi connectivity index (χ1v) is 15.1. The molecule has 0 aliphatic rings. The molecule has 220 valence electrons. The van der Waals surface area contributed by atoms with Crippen molar-refractivity contribution < 1.29 is 14.3 Å². The largest absolute Gasteiger partial charge is 0.376 e. The molecule has 2 amide bonds. The zero-order valence-electron chi connectivity index (χ0n) is 25.5. The first kappa shape index (κ1) is 35.8. The molecular formula is C30H62N4O3. The molecule has 0 rings (SSSR count). The minimum Gasteiger partial charge on any atom is -0.376 e. The Hall–Kier alpha value is -1.18. The highest BCUT2D eigenvalue weighted by atomic mass is 16.5. The van der Waals surface area contributed by atoms with Crippen LogP contribution in [0.5, 0.6) is 0 Å². The van der Waals surface area contributed by atoms with Crippen LogP contribution in [-0.4, -0.2) is 63.3 Å². The molecule has 0 spiro atoms. The molecule has 0 saturated heterocycles. The summed E-state index contributed by atoms with van der Waals surface area (Å²) in [5.74, 6) is 0.885. The molecule has 0 atom stereocenters. The second kappa shape index (κ2) is 21.7. The van der Waals surface area contributed by atoms with E-state index in [4.69, 9.17) is 4.74 Å². The monoisotopic (exact) mass is 526 g/mol. The van der Waals surface area contributed by atoms with Gasteiger partial charge in [-0.3, -0.25) is 9.59 Å². The zero-order valence-corrected chi connectivity index (χ0v) is 25.5. The van der Waals surface area contributed by atoms with E-state index in [0.717, 1.165) is 65.0 Å². The van der Waals surface area contributed by atoms with Gasteiger partial charge < -0.3 is 26.0 Å². The average molecular weight is 527 g/mol. The van der Waals surface area contributed by atoms with Gasteiger partial charge in [0.05, 0.1) is 5.60 Å². The average Bonchev–Trinajstić information content (AvgIpc) is 2.82. The smallest absolute Gasteiger partial charge is 0.225 e. The molecule has 0 unspecified atom stereocenters. The fourth-order valence-electron chi connectivity index (χ4n) is 3.96. The van der Waals surface area contributed by atoms with Gasteiger partial charge in [-0.25, -0.2) is 0 Å². The Labute approximate surface area is 229 Å². The van der Waals surface area contributed by atoms with Crippen LogP contribution in [0.15, 0.2) is 0 Å². The van der Waals surface area contributed by atoms with E-state index in [0.29, 0.717) is 31.8 Å². The molecule has 0 heterocycles. The topological polar surface area (TPSA) is 91.5 Å². The lowest BCUT2D eigenvalue weighted by Gasteiger charge is -2.29. The molecule has 0 saturated carbocycles. The fraction of sp³-hybridized carbons (Fsp3) is 0.933. The molecule has 37 heavy (non-hydrogen) atoms. The molecule has 7 nitrogen and oxygen atoms in total. The van der Waals surface area contributed by atoms with E-state index in [9.17, 15) is 9.59 Å². The molecule has 0 radical (unpaired) electrons. The Morgan fingerprint density at radius 3 is 1.84 bits per heavy atom. The summed E-state index contributed by atoms with van der Waals surface area (Å²) in [6.07, 6.45) is 10.9. The molecule has 0 aliphatic carbocycles. The van der Waals surface area contributed by atoms with Crippen LogP contribution in [0.4, 0.5) is 0 Å². The van der Waals surface area contributed by atoms with Gasteiger partial charge in [0.1, 0.15) is 0 Å². The van der Waals surface area contributed by atoms with Crippen LogP contribution in [-0.2, 0) is 14.3 Å². The summed E-state index contributed by atoms with van der Waals surface area (Å²) >= 11 is 0. The first-order chi connectivity index (χ1) is 17.5. The van der Waals surface area contributed by atoms with Crippen molar-refractivity contribution in [2.75, 3.05) is 45.9 Å². The Balaban J connectivity index is 3.88. The molecule has 0 aromatic rings. The second-order valence-electron chi connectivity index (χ2n) is 12.1. The minimum absolute atomic E-state index is 0.0905.